The summed E-state index contributed by atoms with van der Waals surface area (Å²) in [4.78, 5) is 39.3. The second-order valence-corrected chi connectivity index (χ2v) is 14.7. The number of carbonyl (C=O) groups is 3. The van der Waals surface area contributed by atoms with Gasteiger partial charge in [-0.25, -0.2) is 0 Å². The van der Waals surface area contributed by atoms with Crippen molar-refractivity contribution in [2.24, 2.45) is 50.2 Å². The van der Waals surface area contributed by atoms with E-state index in [1.54, 1.807) is 0 Å². The Hall–Kier alpha value is -1.45. The van der Waals surface area contributed by atoms with E-state index >= 15 is 0 Å². The highest BCUT2D eigenvalue weighted by molar-refractivity contribution is 5.96. The molecule has 5 rings (SSSR count). The van der Waals surface area contributed by atoms with E-state index in [0.717, 1.165) is 44.9 Å². The van der Waals surface area contributed by atoms with Crippen LogP contribution in [-0.4, -0.2) is 22.6 Å². The third-order valence-corrected chi connectivity index (χ3v) is 12.8. The van der Waals surface area contributed by atoms with Crippen molar-refractivity contribution in [3.05, 3.63) is 11.6 Å². The number of ketones is 2. The van der Waals surface area contributed by atoms with Gasteiger partial charge in [-0.15, -0.1) is 0 Å². The lowest BCUT2D eigenvalue weighted by Crippen LogP contribution is -2.66. The Labute approximate surface area is 205 Å². The molecule has 4 fully saturated rings. The third kappa shape index (κ3) is 2.75. The molecule has 5 aliphatic carbocycles. The van der Waals surface area contributed by atoms with Gasteiger partial charge in [0.1, 0.15) is 5.78 Å². The molecular formula is C30H44O4. The molecule has 0 heterocycles. The van der Waals surface area contributed by atoms with Crippen molar-refractivity contribution >= 4 is 17.5 Å². The zero-order valence-corrected chi connectivity index (χ0v) is 22.3. The average Bonchev–Trinajstić information content (AvgIpc) is 2.73. The maximum atomic E-state index is 14.2. The molecule has 4 saturated carbocycles. The van der Waals surface area contributed by atoms with Crippen molar-refractivity contribution < 1.29 is 19.5 Å². The van der Waals surface area contributed by atoms with Gasteiger partial charge in [-0.1, -0.05) is 47.1 Å². The lowest BCUT2D eigenvalue weighted by molar-refractivity contribution is -0.188. The minimum atomic E-state index is -0.721. The van der Waals surface area contributed by atoms with Crippen LogP contribution in [0, 0.1) is 50.2 Å². The molecule has 0 aromatic carbocycles. The molecule has 8 atom stereocenters. The van der Waals surface area contributed by atoms with Crippen LogP contribution in [0.1, 0.15) is 106 Å². The second-order valence-electron chi connectivity index (χ2n) is 14.7. The average molecular weight is 469 g/mol. The second kappa shape index (κ2) is 6.85. The molecule has 4 heteroatoms. The number of hydrogen-bond acceptors (Lipinski definition) is 3. The summed E-state index contributed by atoms with van der Waals surface area (Å²) in [6.45, 7) is 15.5. The SMILES string of the molecule is CC1(C)C(=O)CC[C@@]2(C)C1CC[C@]1(C)[C@@H]2C(=O)C=C2[C@@H]3C[C@@](C)(C(=O)O)CC[C@]3(C)CC[C@]21C. The van der Waals surface area contributed by atoms with E-state index in [0.29, 0.717) is 18.6 Å². The van der Waals surface area contributed by atoms with E-state index < -0.39 is 11.4 Å². The first-order valence-electron chi connectivity index (χ1n) is 13.6. The van der Waals surface area contributed by atoms with Gasteiger partial charge in [-0.3, -0.25) is 14.4 Å². The van der Waals surface area contributed by atoms with Crippen molar-refractivity contribution in [1.82, 2.24) is 0 Å². The third-order valence-electron chi connectivity index (χ3n) is 12.8. The Morgan fingerprint density at radius 2 is 1.56 bits per heavy atom. The number of rotatable bonds is 1. The first kappa shape index (κ1) is 24.3. The molecular weight excluding hydrogens is 424 g/mol. The minimum Gasteiger partial charge on any atom is -0.481 e. The number of fused-ring (bicyclic) bond motifs is 7. The van der Waals surface area contributed by atoms with Crippen LogP contribution in [0.4, 0.5) is 0 Å². The van der Waals surface area contributed by atoms with E-state index in [1.165, 1.54) is 5.57 Å². The first-order chi connectivity index (χ1) is 15.6. The predicted molar refractivity (Wildman–Crippen MR) is 132 cm³/mol. The van der Waals surface area contributed by atoms with Crippen LogP contribution in [0.3, 0.4) is 0 Å². The Morgan fingerprint density at radius 1 is 0.912 bits per heavy atom. The van der Waals surface area contributed by atoms with E-state index in [-0.39, 0.29) is 50.6 Å². The van der Waals surface area contributed by atoms with E-state index in [1.807, 2.05) is 13.0 Å². The van der Waals surface area contributed by atoms with Crippen molar-refractivity contribution in [3.8, 4) is 0 Å². The Bertz CT molecular complexity index is 1010. The summed E-state index contributed by atoms with van der Waals surface area (Å²) in [7, 11) is 0. The van der Waals surface area contributed by atoms with Gasteiger partial charge in [0.2, 0.25) is 0 Å². The first-order valence-corrected chi connectivity index (χ1v) is 13.6. The van der Waals surface area contributed by atoms with Gasteiger partial charge >= 0.3 is 5.97 Å². The normalized spacial score (nSPS) is 52.0. The van der Waals surface area contributed by atoms with Gasteiger partial charge < -0.3 is 5.11 Å². The van der Waals surface area contributed by atoms with Crippen LogP contribution in [0.15, 0.2) is 11.6 Å². The molecule has 0 aromatic rings. The van der Waals surface area contributed by atoms with Gasteiger partial charge in [0.15, 0.2) is 5.78 Å². The van der Waals surface area contributed by atoms with Crippen LogP contribution < -0.4 is 0 Å². The summed E-state index contributed by atoms with van der Waals surface area (Å²) in [5.74, 6) is 0.222. The van der Waals surface area contributed by atoms with Crippen LogP contribution in [0.2, 0.25) is 0 Å². The summed E-state index contributed by atoms with van der Waals surface area (Å²) < 4.78 is 0. The number of hydrogen-bond donors (Lipinski definition) is 1. The molecule has 4 nitrogen and oxygen atoms in total. The highest BCUT2D eigenvalue weighted by atomic mass is 16.4. The zero-order valence-electron chi connectivity index (χ0n) is 22.3. The van der Waals surface area contributed by atoms with Crippen LogP contribution in [0.5, 0.6) is 0 Å². The lowest BCUT2D eigenvalue weighted by atomic mass is 9.33. The molecule has 0 aromatic heterocycles. The Kier molecular flexibility index (Phi) is 4.89. The van der Waals surface area contributed by atoms with Gasteiger partial charge in [-0.05, 0) is 97.9 Å². The lowest BCUT2D eigenvalue weighted by Gasteiger charge is -2.69. The summed E-state index contributed by atoms with van der Waals surface area (Å²) in [5, 5.41) is 10.0. The van der Waals surface area contributed by atoms with Crippen LogP contribution in [0.25, 0.3) is 0 Å². The number of Topliss-reactive ketones (excluding diaryl/α,β-unsaturated/α-hetero) is 1. The smallest absolute Gasteiger partial charge is 0.309 e. The van der Waals surface area contributed by atoms with Gasteiger partial charge in [0.25, 0.3) is 0 Å². The van der Waals surface area contributed by atoms with Crippen LogP contribution in [-0.2, 0) is 14.4 Å². The van der Waals surface area contributed by atoms with Crippen molar-refractivity contribution in [1.29, 1.82) is 0 Å². The molecule has 0 radical (unpaired) electrons. The molecule has 1 unspecified atom stereocenters. The van der Waals surface area contributed by atoms with Crippen molar-refractivity contribution in [3.63, 3.8) is 0 Å². The zero-order chi connectivity index (χ0) is 25.1. The Balaban J connectivity index is 1.63. The molecule has 0 spiro atoms. The van der Waals surface area contributed by atoms with E-state index in [9.17, 15) is 19.5 Å². The number of allylic oxidation sites excluding steroid dienone is 2. The quantitative estimate of drug-likeness (QED) is 0.469. The van der Waals surface area contributed by atoms with Gasteiger partial charge in [0, 0.05) is 17.8 Å². The maximum absolute atomic E-state index is 14.2. The number of carboxylic acid groups (broad SMARTS) is 1. The summed E-state index contributed by atoms with van der Waals surface area (Å²) >= 11 is 0. The fourth-order valence-electron chi connectivity index (χ4n) is 10.2. The number of carbonyl (C=O) groups excluding carboxylic acids is 2. The van der Waals surface area contributed by atoms with E-state index in [2.05, 4.69) is 41.5 Å². The molecule has 0 bridgehead atoms. The Morgan fingerprint density at radius 3 is 2.21 bits per heavy atom. The molecule has 0 saturated heterocycles. The molecule has 1 N–H and O–H groups in total. The highest BCUT2D eigenvalue weighted by Gasteiger charge is 2.70. The van der Waals surface area contributed by atoms with E-state index in [4.69, 9.17) is 0 Å². The molecule has 188 valence electrons. The molecule has 34 heavy (non-hydrogen) atoms. The fraction of sp³-hybridized carbons (Fsp3) is 0.833. The number of aliphatic carboxylic acids is 1. The maximum Gasteiger partial charge on any atom is 0.309 e. The highest BCUT2D eigenvalue weighted by Crippen LogP contribution is 2.74. The summed E-state index contributed by atoms with van der Waals surface area (Å²) in [5.41, 5.74) is -0.205. The van der Waals surface area contributed by atoms with Crippen molar-refractivity contribution in [2.45, 2.75) is 106 Å². The van der Waals surface area contributed by atoms with Gasteiger partial charge in [0.05, 0.1) is 5.41 Å². The fourth-order valence-corrected chi connectivity index (χ4v) is 10.2. The molecule has 0 amide bonds. The van der Waals surface area contributed by atoms with Gasteiger partial charge in [-0.2, -0.15) is 0 Å². The minimum absolute atomic E-state index is 0.0707. The monoisotopic (exact) mass is 468 g/mol. The molecule has 0 aliphatic heterocycles. The standard InChI is InChI=1S/C30H44O4/c1-25(2)21-8-11-30(7)23(28(21,5)10-9-22(25)32)20(31)16-18-19-17-27(4,24(33)34)13-12-26(19,3)14-15-29(18,30)6/h16,19,21,23H,8-15,17H2,1-7H3,(H,33,34)/t19-,21?,23+,26+,27-,28-,29+,30+/m0/s1. The molecule has 5 aliphatic rings. The number of carboxylic acids is 1. The largest absolute Gasteiger partial charge is 0.481 e. The topological polar surface area (TPSA) is 71.4 Å². The van der Waals surface area contributed by atoms with Crippen LogP contribution >= 0.6 is 0 Å². The summed E-state index contributed by atoms with van der Waals surface area (Å²) in [6.07, 6.45) is 9.78. The van der Waals surface area contributed by atoms with Crippen molar-refractivity contribution in [2.75, 3.05) is 0 Å². The predicted octanol–water partition coefficient (Wildman–Crippen LogP) is 6.62. The summed E-state index contributed by atoms with van der Waals surface area (Å²) in [6, 6.07) is 0.